The second kappa shape index (κ2) is 7.50. The zero-order valence-corrected chi connectivity index (χ0v) is 15.5. The van der Waals surface area contributed by atoms with Gasteiger partial charge in [0.25, 0.3) is 0 Å². The molecular weight excluding hydrogens is 386 g/mol. The van der Waals surface area contributed by atoms with Crippen LogP contribution in [0.25, 0.3) is 16.9 Å². The summed E-state index contributed by atoms with van der Waals surface area (Å²) >= 11 is 3.50. The van der Waals surface area contributed by atoms with Crippen LogP contribution in [-0.2, 0) is 0 Å². The summed E-state index contributed by atoms with van der Waals surface area (Å²) in [5.74, 6) is 0.787. The highest BCUT2D eigenvalue weighted by atomic mass is 79.9. The fraction of sp³-hybridized carbons (Fsp3) is 0. The fourth-order valence-electron chi connectivity index (χ4n) is 2.70. The van der Waals surface area contributed by atoms with Crippen molar-refractivity contribution in [2.45, 2.75) is 0 Å². The summed E-state index contributed by atoms with van der Waals surface area (Å²) < 4.78 is 2.90. The van der Waals surface area contributed by atoms with Crippen LogP contribution in [0.3, 0.4) is 0 Å². The quantitative estimate of drug-likeness (QED) is 0.382. The minimum absolute atomic E-state index is 0.787. The molecular formula is C22H16BrN3. The number of aliphatic imine (C=N–C) groups is 1. The van der Waals surface area contributed by atoms with Gasteiger partial charge in [-0.25, -0.2) is 9.67 Å². The number of rotatable bonds is 4. The van der Waals surface area contributed by atoms with Crippen LogP contribution >= 0.6 is 15.9 Å². The molecule has 0 saturated carbocycles. The van der Waals surface area contributed by atoms with Gasteiger partial charge in [-0.05, 0) is 29.8 Å². The summed E-state index contributed by atoms with van der Waals surface area (Å²) in [6, 6.07) is 30.3. The van der Waals surface area contributed by atoms with Crippen LogP contribution in [0, 0.1) is 0 Å². The first kappa shape index (κ1) is 16.5. The first-order valence-corrected chi connectivity index (χ1v) is 9.09. The van der Waals surface area contributed by atoms with E-state index in [1.54, 1.807) is 0 Å². The SMILES string of the molecule is Brc1cccc(C=Nc2cc(-c3ccccc3)nn2-c2ccccc2)c1. The van der Waals surface area contributed by atoms with Crippen LogP contribution in [0.15, 0.2) is 100 Å². The van der Waals surface area contributed by atoms with Crippen LogP contribution in [-0.4, -0.2) is 16.0 Å². The molecule has 126 valence electrons. The van der Waals surface area contributed by atoms with E-state index in [-0.39, 0.29) is 0 Å². The third kappa shape index (κ3) is 3.65. The summed E-state index contributed by atoms with van der Waals surface area (Å²) in [4.78, 5) is 4.69. The second-order valence-corrected chi connectivity index (χ2v) is 6.73. The van der Waals surface area contributed by atoms with Gasteiger partial charge in [0.2, 0.25) is 0 Å². The number of halogens is 1. The van der Waals surface area contributed by atoms with Crippen molar-refractivity contribution < 1.29 is 0 Å². The van der Waals surface area contributed by atoms with Gasteiger partial charge in [0.1, 0.15) is 0 Å². The number of nitrogens with zero attached hydrogens (tertiary/aromatic N) is 3. The minimum atomic E-state index is 0.787. The molecule has 0 amide bonds. The van der Waals surface area contributed by atoms with Gasteiger partial charge in [-0.15, -0.1) is 0 Å². The van der Waals surface area contributed by atoms with Crippen LogP contribution in [0.5, 0.6) is 0 Å². The molecule has 1 aromatic heterocycles. The van der Waals surface area contributed by atoms with E-state index in [1.165, 1.54) is 0 Å². The number of para-hydroxylation sites is 1. The van der Waals surface area contributed by atoms with Gasteiger partial charge in [0.15, 0.2) is 5.82 Å². The fourth-order valence-corrected chi connectivity index (χ4v) is 3.12. The minimum Gasteiger partial charge on any atom is -0.236 e. The number of aromatic nitrogens is 2. The second-order valence-electron chi connectivity index (χ2n) is 5.81. The number of hydrogen-bond donors (Lipinski definition) is 0. The van der Waals surface area contributed by atoms with Gasteiger partial charge >= 0.3 is 0 Å². The highest BCUT2D eigenvalue weighted by Crippen LogP contribution is 2.26. The number of hydrogen-bond acceptors (Lipinski definition) is 2. The van der Waals surface area contributed by atoms with Crippen molar-refractivity contribution in [2.75, 3.05) is 0 Å². The van der Waals surface area contributed by atoms with Crippen molar-refractivity contribution in [1.29, 1.82) is 0 Å². The smallest absolute Gasteiger partial charge is 0.156 e. The molecule has 0 N–H and O–H groups in total. The molecule has 0 radical (unpaired) electrons. The Morgan fingerprint density at radius 3 is 2.27 bits per heavy atom. The van der Waals surface area contributed by atoms with E-state index in [4.69, 9.17) is 10.1 Å². The molecule has 26 heavy (non-hydrogen) atoms. The standard InChI is InChI=1S/C22H16BrN3/c23-19-11-7-8-17(14-19)16-24-22-15-21(18-9-3-1-4-10-18)25-26(22)20-12-5-2-6-13-20/h1-16H. The zero-order valence-electron chi connectivity index (χ0n) is 14.0. The van der Waals surface area contributed by atoms with Crippen LogP contribution in [0.4, 0.5) is 5.82 Å². The summed E-state index contributed by atoms with van der Waals surface area (Å²) in [5.41, 5.74) is 3.98. The monoisotopic (exact) mass is 401 g/mol. The Balaban J connectivity index is 1.78. The molecule has 0 spiro atoms. The van der Waals surface area contributed by atoms with Gasteiger partial charge in [0, 0.05) is 22.3 Å². The third-order valence-electron chi connectivity index (χ3n) is 3.96. The average molecular weight is 402 g/mol. The molecule has 4 aromatic rings. The van der Waals surface area contributed by atoms with Gasteiger partial charge in [-0.1, -0.05) is 76.6 Å². The van der Waals surface area contributed by atoms with E-state index >= 15 is 0 Å². The Morgan fingerprint density at radius 2 is 1.54 bits per heavy atom. The van der Waals surface area contributed by atoms with Crippen LogP contribution in [0.1, 0.15) is 5.56 Å². The molecule has 0 unspecified atom stereocenters. The normalized spacial score (nSPS) is 11.1. The van der Waals surface area contributed by atoms with Crippen molar-refractivity contribution in [1.82, 2.24) is 9.78 Å². The lowest BCUT2D eigenvalue weighted by molar-refractivity contribution is 0.885. The van der Waals surface area contributed by atoms with Crippen molar-refractivity contribution in [3.8, 4) is 16.9 Å². The average Bonchev–Trinajstić information content (AvgIpc) is 3.12. The summed E-state index contributed by atoms with van der Waals surface area (Å²) in [6.07, 6.45) is 1.86. The number of benzene rings is 3. The molecule has 4 heteroatoms. The Hall–Kier alpha value is -2.98. The molecule has 0 bridgehead atoms. The molecule has 3 nitrogen and oxygen atoms in total. The van der Waals surface area contributed by atoms with E-state index in [2.05, 4.69) is 28.1 Å². The molecule has 0 aliphatic heterocycles. The molecule has 1 heterocycles. The van der Waals surface area contributed by atoms with Crippen molar-refractivity contribution in [3.63, 3.8) is 0 Å². The van der Waals surface area contributed by atoms with Crippen molar-refractivity contribution in [2.24, 2.45) is 4.99 Å². The molecule has 3 aromatic carbocycles. The van der Waals surface area contributed by atoms with E-state index in [0.717, 1.165) is 32.8 Å². The van der Waals surface area contributed by atoms with E-state index in [1.807, 2.05) is 89.8 Å². The first-order valence-electron chi connectivity index (χ1n) is 8.30. The Bertz CT molecular complexity index is 1040. The van der Waals surface area contributed by atoms with Gasteiger partial charge in [0.05, 0.1) is 11.4 Å². The summed E-state index contributed by atoms with van der Waals surface area (Å²) in [7, 11) is 0. The van der Waals surface area contributed by atoms with Crippen LogP contribution < -0.4 is 0 Å². The molecule has 0 aliphatic carbocycles. The lowest BCUT2D eigenvalue weighted by Crippen LogP contribution is -1.96. The van der Waals surface area contributed by atoms with Gasteiger partial charge < -0.3 is 0 Å². The Morgan fingerprint density at radius 1 is 0.808 bits per heavy atom. The molecule has 0 fully saturated rings. The predicted octanol–water partition coefficient (Wildman–Crippen LogP) is 6.05. The van der Waals surface area contributed by atoms with E-state index in [9.17, 15) is 0 Å². The topological polar surface area (TPSA) is 30.2 Å². The van der Waals surface area contributed by atoms with Crippen molar-refractivity contribution >= 4 is 28.0 Å². The summed E-state index contributed by atoms with van der Waals surface area (Å²) in [6.45, 7) is 0. The summed E-state index contributed by atoms with van der Waals surface area (Å²) in [5, 5.41) is 4.77. The molecule has 0 saturated heterocycles. The van der Waals surface area contributed by atoms with Gasteiger partial charge in [-0.2, -0.15) is 5.10 Å². The van der Waals surface area contributed by atoms with Gasteiger partial charge in [-0.3, -0.25) is 0 Å². The maximum Gasteiger partial charge on any atom is 0.156 e. The predicted molar refractivity (Wildman–Crippen MR) is 110 cm³/mol. The maximum absolute atomic E-state index is 4.77. The van der Waals surface area contributed by atoms with Crippen LogP contribution in [0.2, 0.25) is 0 Å². The maximum atomic E-state index is 4.77. The van der Waals surface area contributed by atoms with Crippen molar-refractivity contribution in [3.05, 3.63) is 101 Å². The highest BCUT2D eigenvalue weighted by molar-refractivity contribution is 9.10. The third-order valence-corrected chi connectivity index (χ3v) is 4.45. The zero-order chi connectivity index (χ0) is 17.8. The van der Waals surface area contributed by atoms with E-state index in [0.29, 0.717) is 0 Å². The first-order chi connectivity index (χ1) is 12.8. The Labute approximate surface area is 160 Å². The lowest BCUT2D eigenvalue weighted by Gasteiger charge is -2.03. The Kier molecular flexibility index (Phi) is 4.75. The lowest BCUT2D eigenvalue weighted by atomic mass is 10.2. The van der Waals surface area contributed by atoms with E-state index < -0.39 is 0 Å². The largest absolute Gasteiger partial charge is 0.236 e. The highest BCUT2D eigenvalue weighted by Gasteiger charge is 2.10. The molecule has 0 aliphatic rings. The molecule has 0 atom stereocenters. The molecule has 4 rings (SSSR count).